The molecule has 0 bridgehead atoms. The maximum Gasteiger partial charge on any atom is 0.255 e. The summed E-state index contributed by atoms with van der Waals surface area (Å²) in [7, 11) is 0. The molecule has 2 aliphatic carbocycles. The molecule has 2 amide bonds. The third kappa shape index (κ3) is 3.12. The van der Waals surface area contributed by atoms with Gasteiger partial charge in [-0.1, -0.05) is 19.3 Å². The molecule has 4 aliphatic rings. The van der Waals surface area contributed by atoms with Gasteiger partial charge in [-0.25, -0.2) is 0 Å². The average molecular weight is 434 g/mol. The lowest BCUT2D eigenvalue weighted by Gasteiger charge is -2.49. The monoisotopic (exact) mass is 434 g/mol. The molecule has 0 saturated heterocycles. The Balaban J connectivity index is 1.56. The van der Waals surface area contributed by atoms with Crippen molar-refractivity contribution in [2.45, 2.75) is 68.4 Å². The van der Waals surface area contributed by atoms with Crippen LogP contribution in [0.4, 0.5) is 0 Å². The Hall–Kier alpha value is -2.56. The second-order valence-electron chi connectivity index (χ2n) is 8.79. The largest absolute Gasteiger partial charge is 0.504 e. The number of carbonyl (C=O) groups excluding carboxylic acids is 2. The summed E-state index contributed by atoms with van der Waals surface area (Å²) in [6.07, 6.45) is -0.0168. The number of aliphatic hydroxyl groups excluding tert-OH is 3. The van der Waals surface area contributed by atoms with Gasteiger partial charge in [0.25, 0.3) is 5.91 Å². The highest BCUT2D eigenvalue weighted by atomic mass is 16.7. The van der Waals surface area contributed by atoms with E-state index in [0.29, 0.717) is 5.56 Å². The van der Waals surface area contributed by atoms with Crippen LogP contribution in [0.3, 0.4) is 0 Å². The van der Waals surface area contributed by atoms with Gasteiger partial charge < -0.3 is 40.5 Å². The number of hydrogen-bond donors (Lipinski definition) is 6. The van der Waals surface area contributed by atoms with Gasteiger partial charge in [0.15, 0.2) is 11.5 Å². The molecule has 2 aliphatic heterocycles. The molecule has 168 valence electrons. The molecule has 10 nitrogen and oxygen atoms in total. The van der Waals surface area contributed by atoms with Gasteiger partial charge in [-0.05, 0) is 24.5 Å². The highest BCUT2D eigenvalue weighted by Gasteiger charge is 2.54. The van der Waals surface area contributed by atoms with Crippen molar-refractivity contribution >= 4 is 11.8 Å². The maximum atomic E-state index is 13.0. The van der Waals surface area contributed by atoms with Crippen LogP contribution in [0.5, 0.6) is 17.2 Å². The second-order valence-corrected chi connectivity index (χ2v) is 8.79. The predicted octanol–water partition coefficient (Wildman–Crippen LogP) is -0.522. The van der Waals surface area contributed by atoms with Crippen LogP contribution in [-0.2, 0) is 4.79 Å². The number of phenols is 1. The molecule has 6 unspecified atom stereocenters. The Morgan fingerprint density at radius 2 is 1.81 bits per heavy atom. The Kier molecular flexibility index (Phi) is 4.95. The summed E-state index contributed by atoms with van der Waals surface area (Å²) in [5.41, 5.74) is 0.257. The quantitative estimate of drug-likeness (QED) is 0.363. The van der Waals surface area contributed by atoms with Crippen LogP contribution in [0.25, 0.3) is 0 Å². The Morgan fingerprint density at radius 3 is 2.55 bits per heavy atom. The van der Waals surface area contributed by atoms with Gasteiger partial charge >= 0.3 is 0 Å². The molecule has 1 aromatic rings. The molecule has 6 atom stereocenters. The number of ether oxygens (including phenoxy) is 2. The number of phenolic OH excluding ortho intramolecular Hbond substituents is 1. The SMILES string of the molecule is O=C1NC2C(O)C(O)C(O)C(NC(=O)C3CCCCC3)C2c2cc3c(c(O)c21)OCO3. The Morgan fingerprint density at radius 1 is 1.06 bits per heavy atom. The van der Waals surface area contributed by atoms with E-state index in [1.165, 1.54) is 6.07 Å². The third-order valence-corrected chi connectivity index (χ3v) is 7.05. The molecule has 2 fully saturated rings. The van der Waals surface area contributed by atoms with Crippen LogP contribution < -0.4 is 20.1 Å². The first-order valence-corrected chi connectivity index (χ1v) is 10.7. The van der Waals surface area contributed by atoms with Crippen LogP contribution >= 0.6 is 0 Å². The van der Waals surface area contributed by atoms with Crippen molar-refractivity contribution in [3.63, 3.8) is 0 Å². The fourth-order valence-electron chi connectivity index (χ4n) is 5.43. The van der Waals surface area contributed by atoms with Crippen molar-refractivity contribution in [3.8, 4) is 17.2 Å². The standard InChI is InChI=1S/C21H26N2O8/c24-15-12-9(6-10-19(15)31-7-30-10)11-13(22-20(28)8-4-2-1-3-5-8)16(25)18(27)17(26)14(11)23-21(12)29/h6,8,11,13-14,16-18,24-27H,1-5,7H2,(H,22,28)(H,23,29). The van der Waals surface area contributed by atoms with Crippen molar-refractivity contribution in [2.75, 3.05) is 6.79 Å². The zero-order chi connectivity index (χ0) is 21.9. The molecule has 10 heteroatoms. The number of aliphatic hydroxyl groups is 3. The van der Waals surface area contributed by atoms with Crippen LogP contribution in [0.2, 0.25) is 0 Å². The van der Waals surface area contributed by atoms with Gasteiger partial charge in [-0.15, -0.1) is 0 Å². The fraction of sp³-hybridized carbons (Fsp3) is 0.619. The van der Waals surface area contributed by atoms with Crippen molar-refractivity contribution < 1.29 is 39.5 Å². The molecule has 2 saturated carbocycles. The zero-order valence-electron chi connectivity index (χ0n) is 16.8. The highest BCUT2D eigenvalue weighted by Crippen LogP contribution is 2.50. The Bertz CT molecular complexity index is 915. The molecular formula is C21H26N2O8. The van der Waals surface area contributed by atoms with Crippen molar-refractivity contribution in [2.24, 2.45) is 5.92 Å². The zero-order valence-corrected chi connectivity index (χ0v) is 16.8. The van der Waals surface area contributed by atoms with Gasteiger partial charge in [0, 0.05) is 11.8 Å². The lowest BCUT2D eigenvalue weighted by Crippen LogP contribution is -2.70. The van der Waals surface area contributed by atoms with E-state index in [2.05, 4.69) is 10.6 Å². The summed E-state index contributed by atoms with van der Waals surface area (Å²) in [4.78, 5) is 25.7. The first-order chi connectivity index (χ1) is 14.9. The third-order valence-electron chi connectivity index (χ3n) is 7.05. The second kappa shape index (κ2) is 7.54. The van der Waals surface area contributed by atoms with Crippen LogP contribution in [0.15, 0.2) is 6.07 Å². The first kappa shape index (κ1) is 20.3. The molecule has 6 N–H and O–H groups in total. The molecule has 0 radical (unpaired) electrons. The number of benzene rings is 1. The first-order valence-electron chi connectivity index (χ1n) is 10.7. The lowest BCUT2D eigenvalue weighted by molar-refractivity contribution is -0.138. The topological polar surface area (TPSA) is 158 Å². The molecule has 0 spiro atoms. The smallest absolute Gasteiger partial charge is 0.255 e. The van der Waals surface area contributed by atoms with Crippen molar-refractivity contribution in [1.82, 2.24) is 10.6 Å². The average Bonchev–Trinajstić information content (AvgIpc) is 3.25. The molecule has 0 aromatic heterocycles. The van der Waals surface area contributed by atoms with Gasteiger partial charge in [0.2, 0.25) is 18.4 Å². The molecule has 31 heavy (non-hydrogen) atoms. The number of fused-ring (bicyclic) bond motifs is 4. The minimum Gasteiger partial charge on any atom is -0.504 e. The summed E-state index contributed by atoms with van der Waals surface area (Å²) in [5, 5.41) is 47.9. The van der Waals surface area contributed by atoms with Crippen molar-refractivity contribution in [3.05, 3.63) is 17.2 Å². The summed E-state index contributed by atoms with van der Waals surface area (Å²) < 4.78 is 10.6. The summed E-state index contributed by atoms with van der Waals surface area (Å²) in [5.74, 6) is -1.97. The van der Waals surface area contributed by atoms with Crippen molar-refractivity contribution in [1.29, 1.82) is 0 Å². The highest BCUT2D eigenvalue weighted by molar-refractivity contribution is 6.01. The van der Waals surface area contributed by atoms with Crippen LogP contribution in [-0.4, -0.2) is 69.4 Å². The van der Waals surface area contributed by atoms with E-state index in [0.717, 1.165) is 32.1 Å². The predicted molar refractivity (Wildman–Crippen MR) is 105 cm³/mol. The summed E-state index contributed by atoms with van der Waals surface area (Å²) >= 11 is 0. The normalized spacial score (nSPS) is 34.5. The van der Waals surface area contributed by atoms with Crippen LogP contribution in [0.1, 0.15) is 53.9 Å². The number of nitrogens with one attached hydrogen (secondary N) is 2. The number of amides is 2. The molecule has 1 aromatic carbocycles. The number of aromatic hydroxyl groups is 1. The van der Waals surface area contributed by atoms with E-state index in [4.69, 9.17) is 9.47 Å². The van der Waals surface area contributed by atoms with E-state index in [1.807, 2.05) is 0 Å². The molecular weight excluding hydrogens is 408 g/mol. The van der Waals surface area contributed by atoms with Crippen LogP contribution in [0, 0.1) is 5.92 Å². The van der Waals surface area contributed by atoms with Gasteiger partial charge in [0.1, 0.15) is 18.3 Å². The summed E-state index contributed by atoms with van der Waals surface area (Å²) in [6.45, 7) is -0.118. The summed E-state index contributed by atoms with van der Waals surface area (Å²) in [6, 6.07) is -0.434. The molecule has 2 heterocycles. The van der Waals surface area contributed by atoms with E-state index < -0.39 is 48.0 Å². The maximum absolute atomic E-state index is 13.0. The minimum atomic E-state index is -1.57. The van der Waals surface area contributed by atoms with E-state index >= 15 is 0 Å². The minimum absolute atomic E-state index is 0.0482. The number of hydrogen-bond acceptors (Lipinski definition) is 8. The van der Waals surface area contributed by atoms with Gasteiger partial charge in [-0.2, -0.15) is 0 Å². The van der Waals surface area contributed by atoms with Gasteiger partial charge in [0.05, 0.1) is 17.6 Å². The fourth-order valence-corrected chi connectivity index (χ4v) is 5.43. The number of carbonyl (C=O) groups is 2. The van der Waals surface area contributed by atoms with Gasteiger partial charge in [-0.3, -0.25) is 9.59 Å². The van der Waals surface area contributed by atoms with E-state index in [-0.39, 0.29) is 35.7 Å². The molecule has 5 rings (SSSR count). The van der Waals surface area contributed by atoms with E-state index in [1.54, 1.807) is 0 Å². The van der Waals surface area contributed by atoms with E-state index in [9.17, 15) is 30.0 Å². The number of rotatable bonds is 2. The Labute approximate surface area is 178 Å². The lowest BCUT2D eigenvalue weighted by atomic mass is 9.68.